The van der Waals surface area contributed by atoms with Crippen molar-refractivity contribution < 1.29 is 41.6 Å². The molecular weight excluding hydrogens is 751 g/mol. The number of Topliss-reactive ketones (excluding diaryl/α,β-unsaturated/α-hetero) is 1. The molecule has 0 bridgehead atoms. The van der Waals surface area contributed by atoms with Gasteiger partial charge in [-0.1, -0.05) is 48.3 Å². The van der Waals surface area contributed by atoms with Gasteiger partial charge in [0, 0.05) is 35.7 Å². The van der Waals surface area contributed by atoms with Gasteiger partial charge in [-0.05, 0) is 81.9 Å². The fourth-order valence-corrected chi connectivity index (χ4v) is 9.61. The van der Waals surface area contributed by atoms with E-state index >= 15 is 0 Å². The quantitative estimate of drug-likeness (QED) is 0.174. The van der Waals surface area contributed by atoms with Gasteiger partial charge in [0.05, 0.1) is 35.4 Å². The van der Waals surface area contributed by atoms with Crippen molar-refractivity contribution in [2.24, 2.45) is 11.3 Å². The van der Waals surface area contributed by atoms with E-state index in [0.29, 0.717) is 61.4 Å². The number of carbonyl (C=O) groups excluding carboxylic acids is 4. The lowest BCUT2D eigenvalue weighted by Crippen LogP contribution is -2.52. The van der Waals surface area contributed by atoms with E-state index < -0.39 is 56.1 Å². The fraction of sp³-hybridized carbons (Fsp3) is 0.476. The zero-order valence-electron chi connectivity index (χ0n) is 32.3. The molecule has 2 aromatic carbocycles. The molecule has 4 aliphatic rings. The number of pyridine rings is 1. The number of carbonyl (C=O) groups is 4. The number of hydrogen-bond acceptors (Lipinski definition) is 11. The Morgan fingerprint density at radius 3 is 2.54 bits per heavy atom. The molecule has 5 atom stereocenters. The van der Waals surface area contributed by atoms with Crippen LogP contribution >= 0.6 is 0 Å². The minimum Gasteiger partial charge on any atom is -0.497 e. The van der Waals surface area contributed by atoms with Crippen LogP contribution in [0.4, 0.5) is 0 Å². The number of sulfonamides is 1. The molecule has 8 rings (SSSR count). The van der Waals surface area contributed by atoms with Gasteiger partial charge in [-0.25, -0.2) is 13.4 Å². The molecule has 0 spiro atoms. The Hall–Kier alpha value is -5.31. The first-order valence-electron chi connectivity index (χ1n) is 19.6. The molecule has 0 unspecified atom stereocenters. The van der Waals surface area contributed by atoms with Gasteiger partial charge >= 0.3 is 0 Å². The van der Waals surface area contributed by atoms with Crippen molar-refractivity contribution in [1.82, 2.24) is 25.1 Å². The molecule has 4 heterocycles. The second kappa shape index (κ2) is 14.9. The molecule has 2 N–H and O–H groups in total. The lowest BCUT2D eigenvalue weighted by Gasteiger charge is -2.29. The van der Waals surface area contributed by atoms with Gasteiger partial charge in [0.2, 0.25) is 27.7 Å². The van der Waals surface area contributed by atoms with E-state index in [4.69, 9.17) is 19.0 Å². The number of hydrogen-bond donors (Lipinski definition) is 2. The Bertz CT molecular complexity index is 2410. The van der Waals surface area contributed by atoms with Crippen molar-refractivity contribution in [3.8, 4) is 11.6 Å². The molecule has 2 saturated carbocycles. The lowest BCUT2D eigenvalue weighted by molar-refractivity contribution is -0.140. The number of nitrogens with zero attached hydrogens (tertiary/aromatic N) is 3. The zero-order valence-corrected chi connectivity index (χ0v) is 33.1. The topological polar surface area (TPSA) is 187 Å². The van der Waals surface area contributed by atoms with E-state index in [1.165, 1.54) is 11.0 Å². The first-order chi connectivity index (χ1) is 27.3. The minimum absolute atomic E-state index is 0.00605. The third kappa shape index (κ3) is 7.49. The summed E-state index contributed by atoms with van der Waals surface area (Å²) in [6, 6.07) is 12.8. The standard InChI is InChI=1S/C42H47N5O9S/c1-25-19-34(45-56-25)37(49)43-32-14-8-6-4-5-7-11-26-22-42(26,40(51)46-57(52,53)41(2)17-18-41)23-36(48)35-21-28(24-47(35)39(32)50)55-38-31-13-10-9-12-29(31)30-16-15-27(54-3)20-33(30)44-38/h7,9-13,15-16,19-20,26,28,32,35H,4-6,8,14,17-18,21-24H2,1-3H3,(H,43,49)(H,46,51)/b11-7-/t26-,28-,32+,35+,42-/m1/s1. The highest BCUT2D eigenvalue weighted by atomic mass is 32.2. The van der Waals surface area contributed by atoms with Crippen LogP contribution in [0.3, 0.4) is 0 Å². The van der Waals surface area contributed by atoms with Gasteiger partial charge in [0.25, 0.3) is 5.91 Å². The highest BCUT2D eigenvalue weighted by Gasteiger charge is 2.62. The van der Waals surface area contributed by atoms with E-state index in [-0.39, 0.29) is 36.8 Å². The largest absolute Gasteiger partial charge is 0.497 e. The molecule has 3 fully saturated rings. The number of amides is 3. The van der Waals surface area contributed by atoms with Gasteiger partial charge in [0.15, 0.2) is 11.5 Å². The molecule has 2 aliphatic carbocycles. The van der Waals surface area contributed by atoms with Crippen molar-refractivity contribution in [3.05, 3.63) is 72.1 Å². The number of aryl methyl sites for hydroxylation is 1. The van der Waals surface area contributed by atoms with E-state index in [1.54, 1.807) is 21.0 Å². The summed E-state index contributed by atoms with van der Waals surface area (Å²) in [5.41, 5.74) is -0.609. The molecule has 1 saturated heterocycles. The number of allylic oxidation sites excluding steroid dienone is 2. The first kappa shape index (κ1) is 38.6. The van der Waals surface area contributed by atoms with Crippen LogP contribution < -0.4 is 19.5 Å². The highest BCUT2D eigenvalue weighted by Crippen LogP contribution is 2.57. The van der Waals surface area contributed by atoms with Crippen LogP contribution in [0.15, 0.2) is 65.2 Å². The summed E-state index contributed by atoms with van der Waals surface area (Å²) >= 11 is 0. The normalized spacial score (nSPS) is 26.8. The Morgan fingerprint density at radius 1 is 1.02 bits per heavy atom. The van der Waals surface area contributed by atoms with Crippen LogP contribution in [-0.2, 0) is 24.4 Å². The van der Waals surface area contributed by atoms with Crippen molar-refractivity contribution in [2.75, 3.05) is 13.7 Å². The first-order valence-corrected chi connectivity index (χ1v) is 21.1. The van der Waals surface area contributed by atoms with Crippen molar-refractivity contribution in [3.63, 3.8) is 0 Å². The van der Waals surface area contributed by atoms with Gasteiger partial charge in [-0.3, -0.25) is 23.9 Å². The van der Waals surface area contributed by atoms with Crippen LogP contribution in [0.2, 0.25) is 0 Å². The molecule has 14 nitrogen and oxygen atoms in total. The zero-order chi connectivity index (χ0) is 40.1. The molecule has 15 heteroatoms. The molecule has 300 valence electrons. The molecular formula is C42H47N5O9S. The summed E-state index contributed by atoms with van der Waals surface area (Å²) in [5.74, 6) is -1.07. The predicted molar refractivity (Wildman–Crippen MR) is 210 cm³/mol. The van der Waals surface area contributed by atoms with Crippen molar-refractivity contribution >= 4 is 55.2 Å². The maximum absolute atomic E-state index is 14.7. The van der Waals surface area contributed by atoms with Crippen LogP contribution in [0.25, 0.3) is 21.7 Å². The van der Waals surface area contributed by atoms with E-state index in [0.717, 1.165) is 29.0 Å². The molecule has 3 amide bonds. The summed E-state index contributed by atoms with van der Waals surface area (Å²) in [4.78, 5) is 63.1. The Labute approximate surface area is 330 Å². The van der Waals surface area contributed by atoms with E-state index in [2.05, 4.69) is 15.2 Å². The number of ether oxygens (including phenoxy) is 2. The number of methoxy groups -OCH3 is 1. The van der Waals surface area contributed by atoms with Gasteiger partial charge in [-0.2, -0.15) is 0 Å². The Kier molecular flexibility index (Phi) is 10.1. The Morgan fingerprint density at radius 2 is 1.81 bits per heavy atom. The monoisotopic (exact) mass is 797 g/mol. The van der Waals surface area contributed by atoms with Crippen LogP contribution in [0.1, 0.15) is 87.4 Å². The fourth-order valence-electron chi connectivity index (χ4n) is 8.27. The number of ketones is 1. The summed E-state index contributed by atoms with van der Waals surface area (Å²) in [5, 5.41) is 9.24. The second-order valence-corrected chi connectivity index (χ2v) is 18.4. The number of aromatic nitrogens is 2. The highest BCUT2D eigenvalue weighted by molar-refractivity contribution is 7.91. The lowest BCUT2D eigenvalue weighted by atomic mass is 9.91. The summed E-state index contributed by atoms with van der Waals surface area (Å²) in [6.07, 6.45) is 7.47. The van der Waals surface area contributed by atoms with Crippen LogP contribution in [-0.4, -0.2) is 83.6 Å². The number of benzene rings is 2. The molecule has 2 aliphatic heterocycles. The second-order valence-electron chi connectivity index (χ2n) is 16.2. The van der Waals surface area contributed by atoms with E-state index in [9.17, 15) is 27.6 Å². The average Bonchev–Trinajstić information content (AvgIpc) is 4.00. The SMILES string of the molecule is COc1ccc2c(c1)nc(O[C@@H]1C[C@H]3C(=O)C[C@]4(C(=O)NS(=O)(=O)C5(C)CC5)C[C@H]4/C=C\CCCCC[C@H](NC(=O)c4cc(C)on4)C(=O)N3C1)c1ccccc12. The van der Waals surface area contributed by atoms with Gasteiger partial charge in [0.1, 0.15) is 23.7 Å². The Balaban J connectivity index is 1.13. The van der Waals surface area contributed by atoms with E-state index in [1.807, 2.05) is 54.6 Å². The minimum atomic E-state index is -3.96. The summed E-state index contributed by atoms with van der Waals surface area (Å²) in [6.45, 7) is 3.28. The third-order valence-electron chi connectivity index (χ3n) is 12.2. The van der Waals surface area contributed by atoms with Crippen molar-refractivity contribution in [2.45, 2.75) is 101 Å². The van der Waals surface area contributed by atoms with Crippen LogP contribution in [0, 0.1) is 18.3 Å². The number of nitrogens with one attached hydrogen (secondary N) is 2. The number of rotatable bonds is 8. The van der Waals surface area contributed by atoms with Crippen molar-refractivity contribution in [1.29, 1.82) is 0 Å². The number of fused-ring (bicyclic) bond motifs is 5. The smallest absolute Gasteiger partial charge is 0.274 e. The van der Waals surface area contributed by atoms with Gasteiger partial charge < -0.3 is 24.2 Å². The maximum Gasteiger partial charge on any atom is 0.274 e. The molecule has 4 aromatic rings. The van der Waals surface area contributed by atoms with Gasteiger partial charge in [-0.15, -0.1) is 0 Å². The van der Waals surface area contributed by atoms with Crippen LogP contribution in [0.5, 0.6) is 11.6 Å². The summed E-state index contributed by atoms with van der Waals surface area (Å²) < 4.78 is 45.0. The molecule has 2 aromatic heterocycles. The average molecular weight is 798 g/mol. The maximum atomic E-state index is 14.7. The molecule has 0 radical (unpaired) electrons. The molecule has 57 heavy (non-hydrogen) atoms. The summed E-state index contributed by atoms with van der Waals surface area (Å²) in [7, 11) is -2.39. The third-order valence-corrected chi connectivity index (χ3v) is 14.3. The predicted octanol–water partition coefficient (Wildman–Crippen LogP) is 5.32.